The lowest BCUT2D eigenvalue weighted by Crippen LogP contribution is -2.49. The number of aromatic amines is 1. The van der Waals surface area contributed by atoms with E-state index in [1.165, 1.54) is 36.4 Å². The number of benzene rings is 3. The summed E-state index contributed by atoms with van der Waals surface area (Å²) in [5, 5.41) is 15.2. The normalized spacial score (nSPS) is 15.5. The number of anilines is 1. The van der Waals surface area contributed by atoms with E-state index in [1.54, 1.807) is 18.3 Å². The van der Waals surface area contributed by atoms with Crippen molar-refractivity contribution >= 4 is 40.0 Å². The maximum Gasteiger partial charge on any atom is 0.282 e. The molecule has 2 N–H and O–H groups in total. The minimum Gasteiger partial charge on any atom is -0.361 e. The van der Waals surface area contributed by atoms with Gasteiger partial charge in [0.2, 0.25) is 0 Å². The van der Waals surface area contributed by atoms with Crippen LogP contribution in [-0.4, -0.2) is 33.7 Å². The summed E-state index contributed by atoms with van der Waals surface area (Å²) < 4.78 is 0. The molecule has 0 bridgehead atoms. The Morgan fingerprint density at radius 1 is 0.971 bits per heavy atom. The third kappa shape index (κ3) is 3.49. The zero-order valence-electron chi connectivity index (χ0n) is 17.7. The van der Waals surface area contributed by atoms with E-state index in [-0.39, 0.29) is 23.2 Å². The third-order valence-corrected chi connectivity index (χ3v) is 5.85. The lowest BCUT2D eigenvalue weighted by Gasteiger charge is -2.23. The molecule has 1 aliphatic rings. The Morgan fingerprint density at radius 3 is 2.50 bits per heavy atom. The number of nitrogens with one attached hydrogen (secondary N) is 2. The highest BCUT2D eigenvalue weighted by atomic mass is 16.6. The van der Waals surface area contributed by atoms with Crippen LogP contribution in [-0.2, 0) is 11.2 Å². The van der Waals surface area contributed by atoms with E-state index in [4.69, 9.17) is 0 Å². The second-order valence-corrected chi connectivity index (χ2v) is 7.86. The number of carbonyl (C=O) groups excluding carboxylic acids is 3. The van der Waals surface area contributed by atoms with E-state index < -0.39 is 34.4 Å². The fourth-order valence-electron chi connectivity index (χ4n) is 4.24. The summed E-state index contributed by atoms with van der Waals surface area (Å²) in [5.41, 5.74) is 1.21. The van der Waals surface area contributed by atoms with Crippen molar-refractivity contribution in [1.29, 1.82) is 0 Å². The number of fused-ring (bicyclic) bond motifs is 2. The fourth-order valence-corrected chi connectivity index (χ4v) is 4.24. The van der Waals surface area contributed by atoms with Gasteiger partial charge < -0.3 is 10.3 Å². The van der Waals surface area contributed by atoms with Gasteiger partial charge in [-0.15, -0.1) is 0 Å². The topological polar surface area (TPSA) is 125 Å². The molecule has 9 nitrogen and oxygen atoms in total. The highest BCUT2D eigenvalue weighted by Gasteiger charge is 2.39. The van der Waals surface area contributed by atoms with E-state index in [9.17, 15) is 24.5 Å². The summed E-state index contributed by atoms with van der Waals surface area (Å²) in [7, 11) is 0. The second-order valence-electron chi connectivity index (χ2n) is 7.86. The molecule has 168 valence electrons. The van der Waals surface area contributed by atoms with Gasteiger partial charge in [-0.3, -0.25) is 24.5 Å². The molecule has 3 aromatic carbocycles. The van der Waals surface area contributed by atoms with E-state index in [0.717, 1.165) is 21.4 Å². The van der Waals surface area contributed by atoms with Crippen molar-refractivity contribution in [3.8, 4) is 0 Å². The molecule has 1 aromatic heterocycles. The lowest BCUT2D eigenvalue weighted by atomic mass is 10.0. The van der Waals surface area contributed by atoms with Gasteiger partial charge in [-0.25, -0.2) is 4.90 Å². The molecule has 3 amide bonds. The van der Waals surface area contributed by atoms with Gasteiger partial charge in [0, 0.05) is 29.6 Å². The van der Waals surface area contributed by atoms with Crippen molar-refractivity contribution in [3.05, 3.63) is 106 Å². The molecule has 4 aromatic rings. The Kier molecular flexibility index (Phi) is 5.14. The highest BCUT2D eigenvalue weighted by molar-refractivity contribution is 6.27. The predicted molar refractivity (Wildman–Crippen MR) is 125 cm³/mol. The van der Waals surface area contributed by atoms with Crippen LogP contribution in [0.1, 0.15) is 26.3 Å². The number of nitro benzene ring substituents is 1. The molecule has 5 rings (SSSR count). The predicted octanol–water partition coefficient (Wildman–Crippen LogP) is 3.60. The van der Waals surface area contributed by atoms with Gasteiger partial charge in [0.1, 0.15) is 11.6 Å². The Bertz CT molecular complexity index is 1470. The highest BCUT2D eigenvalue weighted by Crippen LogP contribution is 2.30. The van der Waals surface area contributed by atoms with Gasteiger partial charge >= 0.3 is 0 Å². The molecule has 2 heterocycles. The van der Waals surface area contributed by atoms with E-state index in [1.807, 2.05) is 24.3 Å². The van der Waals surface area contributed by atoms with Crippen LogP contribution in [0.4, 0.5) is 11.4 Å². The number of nitrogens with zero attached hydrogens (tertiary/aromatic N) is 2. The largest absolute Gasteiger partial charge is 0.361 e. The maximum atomic E-state index is 13.7. The molecular weight excluding hydrogens is 436 g/mol. The molecule has 0 spiro atoms. The van der Waals surface area contributed by atoms with Crippen molar-refractivity contribution in [2.24, 2.45) is 0 Å². The van der Waals surface area contributed by atoms with Crippen LogP contribution in [0.5, 0.6) is 0 Å². The van der Waals surface area contributed by atoms with Crippen LogP contribution in [0.2, 0.25) is 0 Å². The number of amides is 3. The molecule has 34 heavy (non-hydrogen) atoms. The Morgan fingerprint density at radius 2 is 1.68 bits per heavy atom. The summed E-state index contributed by atoms with van der Waals surface area (Å²) >= 11 is 0. The van der Waals surface area contributed by atoms with Gasteiger partial charge in [0.05, 0.1) is 16.2 Å². The maximum absolute atomic E-state index is 13.7. The zero-order valence-corrected chi connectivity index (χ0v) is 17.7. The fraction of sp³-hybridized carbons (Fsp3) is 0.0800. The molecule has 1 aliphatic heterocycles. The molecular formula is C25H18N4O5. The van der Waals surface area contributed by atoms with E-state index in [0.29, 0.717) is 0 Å². The van der Waals surface area contributed by atoms with Gasteiger partial charge in [0.15, 0.2) is 0 Å². The number of imide groups is 1. The molecule has 0 fully saturated rings. The summed E-state index contributed by atoms with van der Waals surface area (Å²) in [6, 6.07) is 18.1. The standard InChI is InChI=1S/C25H18N4O5/c30-23-17-8-2-5-11-21(17)28(24(31)18-9-3-6-12-22(18)29(33)34)25(32)20(27-23)13-15-14-26-19-10-4-1-7-16(15)19/h1-12,14,20,26H,13H2,(H,27,30)/t20-/m0/s1. The molecule has 0 radical (unpaired) electrons. The number of aromatic nitrogens is 1. The Hall–Kier alpha value is -4.79. The van der Waals surface area contributed by atoms with Crippen molar-refractivity contribution in [1.82, 2.24) is 10.3 Å². The first-order valence-electron chi connectivity index (χ1n) is 10.5. The first-order chi connectivity index (χ1) is 16.5. The number of carbonyl (C=O) groups is 3. The van der Waals surface area contributed by atoms with E-state index in [2.05, 4.69) is 10.3 Å². The molecule has 1 atom stereocenters. The van der Waals surface area contributed by atoms with Crippen LogP contribution in [0.15, 0.2) is 79.0 Å². The molecule has 9 heteroatoms. The number of hydrogen-bond donors (Lipinski definition) is 2. The Labute approximate surface area is 193 Å². The van der Waals surface area contributed by atoms with Crippen LogP contribution in [0, 0.1) is 10.1 Å². The van der Waals surface area contributed by atoms with E-state index >= 15 is 0 Å². The average molecular weight is 454 g/mol. The first kappa shape index (κ1) is 21.1. The smallest absolute Gasteiger partial charge is 0.282 e. The molecule has 0 aliphatic carbocycles. The van der Waals surface area contributed by atoms with Crippen molar-refractivity contribution in [2.75, 3.05) is 4.90 Å². The molecule has 0 saturated heterocycles. The van der Waals surface area contributed by atoms with Crippen LogP contribution in [0.25, 0.3) is 10.9 Å². The number of para-hydroxylation sites is 3. The van der Waals surface area contributed by atoms with Crippen molar-refractivity contribution < 1.29 is 19.3 Å². The zero-order chi connectivity index (χ0) is 23.8. The number of hydrogen-bond acceptors (Lipinski definition) is 5. The summed E-state index contributed by atoms with van der Waals surface area (Å²) in [4.78, 5) is 55.2. The quantitative estimate of drug-likeness (QED) is 0.277. The van der Waals surface area contributed by atoms with Gasteiger partial charge in [0.25, 0.3) is 23.4 Å². The van der Waals surface area contributed by atoms with Crippen molar-refractivity contribution in [3.63, 3.8) is 0 Å². The minimum atomic E-state index is -1.06. The van der Waals surface area contributed by atoms with Gasteiger partial charge in [-0.2, -0.15) is 0 Å². The van der Waals surface area contributed by atoms with Gasteiger partial charge in [-0.05, 0) is 29.8 Å². The average Bonchev–Trinajstić information content (AvgIpc) is 3.22. The minimum absolute atomic E-state index is 0.0783. The lowest BCUT2D eigenvalue weighted by molar-refractivity contribution is -0.385. The monoisotopic (exact) mass is 454 g/mol. The number of rotatable bonds is 4. The van der Waals surface area contributed by atoms with Crippen LogP contribution in [0.3, 0.4) is 0 Å². The number of nitro groups is 1. The van der Waals surface area contributed by atoms with Crippen molar-refractivity contribution in [2.45, 2.75) is 12.5 Å². The van der Waals surface area contributed by atoms with Crippen LogP contribution < -0.4 is 10.2 Å². The summed E-state index contributed by atoms with van der Waals surface area (Å²) in [6.07, 6.45) is 1.89. The SMILES string of the molecule is O=C1N[C@@H](Cc2c[nH]c3ccccc23)C(=O)N(C(=O)c2ccccc2[N+](=O)[O-])c2ccccc21. The number of H-pyrrole nitrogens is 1. The molecule has 0 unspecified atom stereocenters. The summed E-state index contributed by atoms with van der Waals surface area (Å²) in [6.45, 7) is 0. The molecule has 0 saturated carbocycles. The Balaban J connectivity index is 1.61. The van der Waals surface area contributed by atoms with Gasteiger partial charge in [-0.1, -0.05) is 42.5 Å². The second kappa shape index (κ2) is 8.28. The first-order valence-corrected chi connectivity index (χ1v) is 10.5. The summed E-state index contributed by atoms with van der Waals surface area (Å²) in [5.74, 6) is -2.05. The third-order valence-electron chi connectivity index (χ3n) is 5.85. The van der Waals surface area contributed by atoms with Crippen LogP contribution >= 0.6 is 0 Å².